The number of fused-ring (bicyclic) bond motifs is 3. The fourth-order valence-electron chi connectivity index (χ4n) is 1.54. The van der Waals surface area contributed by atoms with E-state index in [0.29, 0.717) is 0 Å². The second kappa shape index (κ2) is 2.53. The number of hydrogen-bond acceptors (Lipinski definition) is 3. The van der Waals surface area contributed by atoms with Crippen molar-refractivity contribution in [1.29, 1.82) is 0 Å². The molecule has 0 saturated heterocycles. The average Bonchev–Trinajstić information content (AvgIpc) is 2.65. The lowest BCUT2D eigenvalue weighted by atomic mass is 10.2. The van der Waals surface area contributed by atoms with Gasteiger partial charge in [-0.25, -0.2) is 4.98 Å². The fraction of sp³-hybridized carbons (Fsp3) is 0.100. The van der Waals surface area contributed by atoms with E-state index < -0.39 is 0 Å². The number of aryl methyl sites for hydroxylation is 1. The Morgan fingerprint density at radius 3 is 3.08 bits per heavy atom. The summed E-state index contributed by atoms with van der Waals surface area (Å²) in [6.07, 6.45) is 0. The van der Waals surface area contributed by atoms with Crippen molar-refractivity contribution in [1.82, 2.24) is 4.98 Å². The van der Waals surface area contributed by atoms with E-state index >= 15 is 0 Å². The minimum Gasteiger partial charge on any atom is -0.241 e. The molecular weight excluding hydrogens is 198 g/mol. The molecule has 3 aromatic rings. The first-order valence-electron chi connectivity index (χ1n) is 4.08. The van der Waals surface area contributed by atoms with Crippen molar-refractivity contribution in [3.05, 3.63) is 28.6 Å². The van der Waals surface area contributed by atoms with Crippen LogP contribution in [0.1, 0.15) is 5.01 Å². The predicted molar refractivity (Wildman–Crippen MR) is 59.7 cm³/mol. The molecule has 2 aromatic heterocycles. The molecule has 13 heavy (non-hydrogen) atoms. The van der Waals surface area contributed by atoms with Crippen molar-refractivity contribution in [3.8, 4) is 0 Å². The molecule has 0 unspecified atom stereocenters. The Morgan fingerprint density at radius 1 is 1.23 bits per heavy atom. The highest BCUT2D eigenvalue weighted by Crippen LogP contribution is 2.32. The first-order chi connectivity index (χ1) is 6.34. The number of nitrogens with zero attached hydrogens (tertiary/aromatic N) is 1. The third-order valence-corrected chi connectivity index (χ3v) is 3.99. The van der Waals surface area contributed by atoms with Crippen LogP contribution in [0.5, 0.6) is 0 Å². The molecule has 64 valence electrons. The largest absolute Gasteiger partial charge is 0.241 e. The second-order valence-electron chi connectivity index (χ2n) is 2.98. The topological polar surface area (TPSA) is 12.9 Å². The molecule has 0 bridgehead atoms. The first kappa shape index (κ1) is 7.47. The molecule has 0 fully saturated rings. The summed E-state index contributed by atoms with van der Waals surface area (Å²) < 4.78 is 2.69. The SMILES string of the molecule is Cc1nc2ccc3sccc3c2s1. The minimum absolute atomic E-state index is 1.13. The van der Waals surface area contributed by atoms with E-state index in [4.69, 9.17) is 0 Å². The van der Waals surface area contributed by atoms with Crippen LogP contribution in [-0.2, 0) is 0 Å². The van der Waals surface area contributed by atoms with Crippen molar-refractivity contribution < 1.29 is 0 Å². The molecular formula is C10H7NS2. The summed E-state index contributed by atoms with van der Waals surface area (Å²) in [5, 5.41) is 4.64. The molecule has 0 atom stereocenters. The maximum atomic E-state index is 4.47. The highest BCUT2D eigenvalue weighted by atomic mass is 32.1. The zero-order valence-corrected chi connectivity index (χ0v) is 8.71. The molecule has 3 heteroatoms. The van der Waals surface area contributed by atoms with E-state index in [-0.39, 0.29) is 0 Å². The maximum Gasteiger partial charge on any atom is 0.0908 e. The lowest BCUT2D eigenvalue weighted by Crippen LogP contribution is -1.67. The van der Waals surface area contributed by atoms with Gasteiger partial charge in [-0.1, -0.05) is 0 Å². The van der Waals surface area contributed by atoms with Gasteiger partial charge in [0.25, 0.3) is 0 Å². The number of benzene rings is 1. The summed E-state index contributed by atoms with van der Waals surface area (Å²) >= 11 is 3.57. The van der Waals surface area contributed by atoms with Crippen LogP contribution in [0.25, 0.3) is 20.3 Å². The van der Waals surface area contributed by atoms with Crippen LogP contribution in [-0.4, -0.2) is 4.98 Å². The molecule has 1 aromatic carbocycles. The fourth-order valence-corrected chi connectivity index (χ4v) is 3.35. The highest BCUT2D eigenvalue weighted by molar-refractivity contribution is 7.21. The van der Waals surface area contributed by atoms with Crippen molar-refractivity contribution in [2.24, 2.45) is 0 Å². The summed E-state index contributed by atoms with van der Waals surface area (Å²) in [6.45, 7) is 2.06. The standard InChI is InChI=1S/C10H7NS2/c1-6-11-8-2-3-9-7(4-5-12-9)10(8)13-6/h2-5H,1H3. The zero-order chi connectivity index (χ0) is 8.84. The van der Waals surface area contributed by atoms with Gasteiger partial charge in [-0.2, -0.15) is 0 Å². The molecule has 0 aliphatic rings. The van der Waals surface area contributed by atoms with Gasteiger partial charge in [0.1, 0.15) is 0 Å². The van der Waals surface area contributed by atoms with E-state index in [0.717, 1.165) is 10.5 Å². The van der Waals surface area contributed by atoms with Crippen LogP contribution < -0.4 is 0 Å². The number of thiazole rings is 1. The quantitative estimate of drug-likeness (QED) is 0.543. The number of hydrogen-bond donors (Lipinski definition) is 0. The van der Waals surface area contributed by atoms with Crippen molar-refractivity contribution >= 4 is 43.0 Å². The molecule has 3 rings (SSSR count). The van der Waals surface area contributed by atoms with Crippen molar-refractivity contribution in [3.63, 3.8) is 0 Å². The van der Waals surface area contributed by atoms with Crippen LogP contribution in [0.3, 0.4) is 0 Å². The molecule has 0 aliphatic heterocycles. The van der Waals surface area contributed by atoms with Crippen molar-refractivity contribution in [2.75, 3.05) is 0 Å². The molecule has 1 nitrogen and oxygen atoms in total. The molecule has 0 amide bonds. The number of rotatable bonds is 0. The lowest BCUT2D eigenvalue weighted by Gasteiger charge is -1.88. The van der Waals surface area contributed by atoms with Gasteiger partial charge in [0.15, 0.2) is 0 Å². The van der Waals surface area contributed by atoms with Gasteiger partial charge in [-0.15, -0.1) is 22.7 Å². The average molecular weight is 205 g/mol. The monoisotopic (exact) mass is 205 g/mol. The van der Waals surface area contributed by atoms with Gasteiger partial charge in [0.05, 0.1) is 15.2 Å². The third kappa shape index (κ3) is 1.01. The molecule has 0 radical (unpaired) electrons. The Balaban J connectivity index is 2.64. The van der Waals surface area contributed by atoms with E-state index in [1.54, 1.807) is 22.7 Å². The third-order valence-electron chi connectivity index (χ3n) is 2.09. The second-order valence-corrected chi connectivity index (χ2v) is 5.13. The van der Waals surface area contributed by atoms with Gasteiger partial charge in [-0.05, 0) is 30.5 Å². The summed E-state index contributed by atoms with van der Waals surface area (Å²) in [4.78, 5) is 4.47. The maximum absolute atomic E-state index is 4.47. The minimum atomic E-state index is 1.13. The Labute approximate surface area is 83.7 Å². The Morgan fingerprint density at radius 2 is 2.15 bits per heavy atom. The summed E-state index contributed by atoms with van der Waals surface area (Å²) in [7, 11) is 0. The normalized spacial score (nSPS) is 11.5. The van der Waals surface area contributed by atoms with E-state index in [1.807, 2.05) is 0 Å². The van der Waals surface area contributed by atoms with Gasteiger partial charge in [-0.3, -0.25) is 0 Å². The summed E-state index contributed by atoms with van der Waals surface area (Å²) in [6, 6.07) is 6.44. The summed E-state index contributed by atoms with van der Waals surface area (Å²) in [5.41, 5.74) is 1.13. The van der Waals surface area contributed by atoms with E-state index in [9.17, 15) is 0 Å². The van der Waals surface area contributed by atoms with E-state index in [2.05, 4.69) is 35.5 Å². The highest BCUT2D eigenvalue weighted by Gasteiger charge is 2.04. The van der Waals surface area contributed by atoms with Gasteiger partial charge >= 0.3 is 0 Å². The summed E-state index contributed by atoms with van der Waals surface area (Å²) in [5.74, 6) is 0. The predicted octanol–water partition coefficient (Wildman–Crippen LogP) is 3.82. The smallest absolute Gasteiger partial charge is 0.0908 e. The van der Waals surface area contributed by atoms with Gasteiger partial charge in [0, 0.05) is 10.1 Å². The first-order valence-corrected chi connectivity index (χ1v) is 5.77. The number of thiophene rings is 1. The Bertz CT molecular complexity index is 577. The molecule has 0 saturated carbocycles. The van der Waals surface area contributed by atoms with Gasteiger partial charge in [0.2, 0.25) is 0 Å². The Kier molecular flexibility index (Phi) is 1.45. The molecule has 0 spiro atoms. The van der Waals surface area contributed by atoms with Gasteiger partial charge < -0.3 is 0 Å². The zero-order valence-electron chi connectivity index (χ0n) is 7.07. The van der Waals surface area contributed by atoms with Crippen molar-refractivity contribution in [2.45, 2.75) is 6.92 Å². The Hall–Kier alpha value is -0.930. The lowest BCUT2D eigenvalue weighted by molar-refractivity contribution is 1.35. The number of aromatic nitrogens is 1. The molecule has 2 heterocycles. The van der Waals surface area contributed by atoms with Crippen LogP contribution in [0, 0.1) is 6.92 Å². The van der Waals surface area contributed by atoms with Crippen LogP contribution >= 0.6 is 22.7 Å². The van der Waals surface area contributed by atoms with Crippen LogP contribution in [0.15, 0.2) is 23.6 Å². The molecule has 0 N–H and O–H groups in total. The van der Waals surface area contributed by atoms with E-state index in [1.165, 1.54) is 14.8 Å². The van der Waals surface area contributed by atoms with Crippen LogP contribution in [0.4, 0.5) is 0 Å². The van der Waals surface area contributed by atoms with Crippen LogP contribution in [0.2, 0.25) is 0 Å². The molecule has 0 aliphatic carbocycles.